The Balaban J connectivity index is 2.03. The number of benzene rings is 1. The van der Waals surface area contributed by atoms with E-state index in [1.54, 1.807) is 24.3 Å². The van der Waals surface area contributed by atoms with Gasteiger partial charge in [0.2, 0.25) is 5.88 Å². The summed E-state index contributed by atoms with van der Waals surface area (Å²) in [6.07, 6.45) is 0. The topological polar surface area (TPSA) is 119 Å². The Morgan fingerprint density at radius 2 is 2.16 bits per heavy atom. The molecule has 0 bridgehead atoms. The molecule has 0 radical (unpaired) electrons. The van der Waals surface area contributed by atoms with E-state index in [1.165, 1.54) is 6.07 Å². The monoisotopic (exact) mass is 259 g/mol. The number of hydrogen-bond acceptors (Lipinski definition) is 6. The van der Waals surface area contributed by atoms with Crippen LogP contribution in [0.1, 0.15) is 0 Å². The van der Waals surface area contributed by atoms with Gasteiger partial charge in [0.05, 0.1) is 0 Å². The maximum Gasteiger partial charge on any atom is 0.364 e. The van der Waals surface area contributed by atoms with Crippen LogP contribution in [0.15, 0.2) is 35.1 Å². The highest BCUT2D eigenvalue weighted by Gasteiger charge is 2.08. The molecule has 0 saturated carbocycles. The molecule has 1 aromatic carbocycles. The zero-order valence-electron chi connectivity index (χ0n) is 9.57. The molecular formula is C11H9N5O3. The number of rotatable bonds is 2. The number of nitrogens with zero attached hydrogens (tertiary/aromatic N) is 3. The summed E-state index contributed by atoms with van der Waals surface area (Å²) in [5.74, 6) is 0.329. The summed E-state index contributed by atoms with van der Waals surface area (Å²) in [7, 11) is 0. The third-order valence-corrected chi connectivity index (χ3v) is 2.51. The van der Waals surface area contributed by atoms with Gasteiger partial charge in [-0.05, 0) is 18.2 Å². The molecule has 0 spiro atoms. The van der Waals surface area contributed by atoms with Crippen LogP contribution in [-0.2, 0) is 0 Å². The van der Waals surface area contributed by atoms with Crippen molar-refractivity contribution in [2.24, 2.45) is 0 Å². The first kappa shape index (κ1) is 11.1. The quantitative estimate of drug-likeness (QED) is 0.455. The Morgan fingerprint density at radius 1 is 1.32 bits per heavy atom. The first-order chi connectivity index (χ1) is 9.15. The summed E-state index contributed by atoms with van der Waals surface area (Å²) < 4.78 is 6.49. The fourth-order valence-electron chi connectivity index (χ4n) is 1.57. The van der Waals surface area contributed by atoms with Crippen LogP contribution in [0.4, 0.5) is 5.69 Å². The van der Waals surface area contributed by atoms with Crippen molar-refractivity contribution in [1.82, 2.24) is 19.8 Å². The van der Waals surface area contributed by atoms with E-state index in [2.05, 4.69) is 15.3 Å². The van der Waals surface area contributed by atoms with Gasteiger partial charge >= 0.3 is 5.69 Å². The van der Waals surface area contributed by atoms with Gasteiger partial charge in [0.1, 0.15) is 11.4 Å². The number of aromatic hydroxyl groups is 1. The number of nitrogens with two attached hydrogens (primary N) is 1. The minimum Gasteiger partial charge on any atom is -0.506 e. The van der Waals surface area contributed by atoms with Crippen molar-refractivity contribution in [2.45, 2.75) is 0 Å². The van der Waals surface area contributed by atoms with Gasteiger partial charge < -0.3 is 15.6 Å². The maximum absolute atomic E-state index is 11.4. The predicted molar refractivity (Wildman–Crippen MR) is 66.2 cm³/mol. The third-order valence-electron chi connectivity index (χ3n) is 2.51. The Kier molecular flexibility index (Phi) is 2.34. The van der Waals surface area contributed by atoms with Crippen molar-refractivity contribution in [3.05, 3.63) is 40.8 Å². The summed E-state index contributed by atoms with van der Waals surface area (Å²) >= 11 is 0. The molecule has 19 heavy (non-hydrogen) atoms. The lowest BCUT2D eigenvalue weighted by atomic mass is 10.3. The molecule has 0 atom stereocenters. The van der Waals surface area contributed by atoms with E-state index in [-0.39, 0.29) is 23.1 Å². The number of phenolic OH excluding ortho intramolecular Hbond substituents is 1. The smallest absolute Gasteiger partial charge is 0.364 e. The van der Waals surface area contributed by atoms with Gasteiger partial charge in [-0.1, -0.05) is 6.07 Å². The predicted octanol–water partition coefficient (Wildman–Crippen LogP) is 0.498. The second-order valence-corrected chi connectivity index (χ2v) is 3.76. The SMILES string of the molecule is Nc1c(O)cccc1Oc1ccc2n[nH]c(=O)n2n1. The number of nitrogen functional groups attached to an aromatic ring is 1. The lowest BCUT2D eigenvalue weighted by molar-refractivity contribution is 0.442. The van der Waals surface area contributed by atoms with E-state index in [4.69, 9.17) is 10.5 Å². The molecule has 2 aromatic heterocycles. The van der Waals surface area contributed by atoms with Crippen molar-refractivity contribution >= 4 is 11.3 Å². The number of nitrogens with one attached hydrogen (secondary N) is 1. The average molecular weight is 259 g/mol. The van der Waals surface area contributed by atoms with Crippen molar-refractivity contribution in [3.8, 4) is 17.4 Å². The van der Waals surface area contributed by atoms with E-state index in [0.717, 1.165) is 4.52 Å². The van der Waals surface area contributed by atoms with Gasteiger partial charge in [-0.2, -0.15) is 9.61 Å². The molecule has 0 aliphatic carbocycles. The van der Waals surface area contributed by atoms with E-state index in [9.17, 15) is 9.90 Å². The van der Waals surface area contributed by atoms with Crippen LogP contribution in [-0.4, -0.2) is 24.9 Å². The molecule has 8 heteroatoms. The molecular weight excluding hydrogens is 250 g/mol. The molecule has 0 saturated heterocycles. The van der Waals surface area contributed by atoms with Crippen molar-refractivity contribution < 1.29 is 9.84 Å². The lowest BCUT2D eigenvalue weighted by Crippen LogP contribution is -2.12. The Morgan fingerprint density at radius 3 is 3.00 bits per heavy atom. The van der Waals surface area contributed by atoms with Crippen LogP contribution in [0.3, 0.4) is 0 Å². The fourth-order valence-corrected chi connectivity index (χ4v) is 1.57. The summed E-state index contributed by atoms with van der Waals surface area (Å²) in [5.41, 5.74) is 5.67. The minimum atomic E-state index is -0.468. The van der Waals surface area contributed by atoms with Gasteiger partial charge in [-0.25, -0.2) is 9.89 Å². The Bertz CT molecular complexity index is 807. The highest BCUT2D eigenvalue weighted by molar-refractivity contribution is 5.62. The molecule has 0 unspecified atom stereocenters. The fraction of sp³-hybridized carbons (Fsp3) is 0. The molecule has 3 rings (SSSR count). The number of H-pyrrole nitrogens is 1. The summed E-state index contributed by atoms with van der Waals surface area (Å²) in [5, 5.41) is 19.4. The number of fused-ring (bicyclic) bond motifs is 1. The summed E-state index contributed by atoms with van der Waals surface area (Å²) in [4.78, 5) is 11.4. The van der Waals surface area contributed by atoms with E-state index in [0.29, 0.717) is 5.65 Å². The van der Waals surface area contributed by atoms with E-state index >= 15 is 0 Å². The van der Waals surface area contributed by atoms with Crippen LogP contribution < -0.4 is 16.2 Å². The van der Waals surface area contributed by atoms with E-state index < -0.39 is 5.69 Å². The molecule has 0 amide bonds. The number of ether oxygens (including phenoxy) is 1. The molecule has 4 N–H and O–H groups in total. The number of aromatic amines is 1. The highest BCUT2D eigenvalue weighted by Crippen LogP contribution is 2.32. The molecule has 0 aliphatic rings. The van der Waals surface area contributed by atoms with Crippen molar-refractivity contribution in [1.29, 1.82) is 0 Å². The first-order valence-corrected chi connectivity index (χ1v) is 5.35. The van der Waals surface area contributed by atoms with Gasteiger partial charge in [0.15, 0.2) is 11.4 Å². The molecule has 0 fully saturated rings. The van der Waals surface area contributed by atoms with Gasteiger partial charge in [-0.15, -0.1) is 5.10 Å². The normalized spacial score (nSPS) is 10.7. The van der Waals surface area contributed by atoms with Gasteiger partial charge in [0.25, 0.3) is 0 Å². The van der Waals surface area contributed by atoms with Crippen LogP contribution in [0, 0.1) is 0 Å². The molecule has 0 aliphatic heterocycles. The Hall–Kier alpha value is -3.03. The number of anilines is 1. The summed E-state index contributed by atoms with van der Waals surface area (Å²) in [6, 6.07) is 7.72. The van der Waals surface area contributed by atoms with E-state index in [1.807, 2.05) is 0 Å². The van der Waals surface area contributed by atoms with Crippen LogP contribution in [0.2, 0.25) is 0 Å². The highest BCUT2D eigenvalue weighted by atomic mass is 16.5. The third kappa shape index (κ3) is 1.84. The van der Waals surface area contributed by atoms with Crippen LogP contribution in [0.25, 0.3) is 5.65 Å². The second-order valence-electron chi connectivity index (χ2n) is 3.76. The molecule has 8 nitrogen and oxygen atoms in total. The average Bonchev–Trinajstić information content (AvgIpc) is 2.77. The molecule has 2 heterocycles. The van der Waals surface area contributed by atoms with Crippen molar-refractivity contribution in [3.63, 3.8) is 0 Å². The van der Waals surface area contributed by atoms with Crippen molar-refractivity contribution in [2.75, 3.05) is 5.73 Å². The minimum absolute atomic E-state index is 0.0842. The second kappa shape index (κ2) is 4.02. The lowest BCUT2D eigenvalue weighted by Gasteiger charge is -2.08. The largest absolute Gasteiger partial charge is 0.506 e. The van der Waals surface area contributed by atoms with Gasteiger partial charge in [0, 0.05) is 6.07 Å². The molecule has 3 aromatic rings. The number of hydrogen-bond donors (Lipinski definition) is 3. The number of phenols is 1. The first-order valence-electron chi connectivity index (χ1n) is 5.35. The standard InChI is InChI=1S/C11H9N5O3/c12-10-6(17)2-1-3-7(10)19-9-5-4-8-13-14-11(18)16(8)15-9/h1-5,17H,12H2,(H,14,18). The van der Waals surface area contributed by atoms with Gasteiger partial charge in [-0.3, -0.25) is 0 Å². The van der Waals surface area contributed by atoms with Crippen LogP contribution in [0.5, 0.6) is 17.4 Å². The summed E-state index contributed by atoms with van der Waals surface area (Å²) in [6.45, 7) is 0. The zero-order valence-corrected chi connectivity index (χ0v) is 9.57. The Labute approximate surface area is 106 Å². The zero-order chi connectivity index (χ0) is 13.4. The van der Waals surface area contributed by atoms with Crippen LogP contribution >= 0.6 is 0 Å². The molecule has 96 valence electrons. The maximum atomic E-state index is 11.4. The number of aromatic nitrogens is 4. The number of para-hydroxylation sites is 1.